The molecular weight excluding hydrogens is 274 g/mol. The van der Waals surface area contributed by atoms with Gasteiger partial charge < -0.3 is 24.3 Å². The number of ether oxygens (including phenoxy) is 4. The normalized spacial score (nSPS) is 10.2. The van der Waals surface area contributed by atoms with Crippen molar-refractivity contribution in [1.29, 1.82) is 0 Å². The summed E-state index contributed by atoms with van der Waals surface area (Å²) in [5, 5.41) is 3.26. The van der Waals surface area contributed by atoms with Gasteiger partial charge in [0.1, 0.15) is 0 Å². The van der Waals surface area contributed by atoms with E-state index in [1.165, 1.54) is 7.11 Å². The van der Waals surface area contributed by atoms with Crippen LogP contribution in [0.5, 0.6) is 11.5 Å². The van der Waals surface area contributed by atoms with Crippen LogP contribution in [0.1, 0.15) is 12.0 Å². The van der Waals surface area contributed by atoms with Crippen molar-refractivity contribution in [2.75, 3.05) is 41.1 Å². The van der Waals surface area contributed by atoms with E-state index in [2.05, 4.69) is 10.1 Å². The second-order valence-electron chi connectivity index (χ2n) is 4.33. The number of carbonyl (C=O) groups is 1. The summed E-state index contributed by atoms with van der Waals surface area (Å²) in [5.41, 5.74) is 1.09. The van der Waals surface area contributed by atoms with Crippen molar-refractivity contribution < 1.29 is 23.7 Å². The predicted octanol–water partition coefficient (Wildman–Crippen LogP) is 1.37. The number of nitrogens with one attached hydrogen (secondary N) is 1. The van der Waals surface area contributed by atoms with Gasteiger partial charge in [-0.2, -0.15) is 0 Å². The molecular formula is C15H23NO5. The van der Waals surface area contributed by atoms with Gasteiger partial charge in [-0.3, -0.25) is 4.79 Å². The smallest absolute Gasteiger partial charge is 0.308 e. The summed E-state index contributed by atoms with van der Waals surface area (Å²) < 4.78 is 20.4. The first-order valence-corrected chi connectivity index (χ1v) is 6.77. The number of carbonyl (C=O) groups excluding carboxylic acids is 1. The first-order valence-electron chi connectivity index (χ1n) is 6.77. The molecule has 0 heterocycles. The fraction of sp³-hybridized carbons (Fsp3) is 0.533. The minimum atomic E-state index is -0.298. The van der Waals surface area contributed by atoms with E-state index in [0.717, 1.165) is 18.7 Å². The molecule has 0 spiro atoms. The molecule has 0 aromatic heterocycles. The van der Waals surface area contributed by atoms with Crippen molar-refractivity contribution in [3.05, 3.63) is 23.8 Å². The fourth-order valence-corrected chi connectivity index (χ4v) is 1.69. The number of hydrogen-bond donors (Lipinski definition) is 1. The topological polar surface area (TPSA) is 66.0 Å². The maximum absolute atomic E-state index is 11.0. The summed E-state index contributed by atoms with van der Waals surface area (Å²) in [5.74, 6) is 0.959. The lowest BCUT2D eigenvalue weighted by atomic mass is 10.2. The van der Waals surface area contributed by atoms with E-state index in [-0.39, 0.29) is 19.0 Å². The molecule has 0 aliphatic heterocycles. The molecule has 0 bridgehead atoms. The van der Waals surface area contributed by atoms with Gasteiger partial charge in [-0.25, -0.2) is 0 Å². The number of esters is 1. The summed E-state index contributed by atoms with van der Waals surface area (Å²) in [4.78, 5) is 11.0. The molecule has 0 amide bonds. The van der Waals surface area contributed by atoms with Crippen molar-refractivity contribution in [3.63, 3.8) is 0 Å². The molecule has 6 nitrogen and oxygen atoms in total. The van der Waals surface area contributed by atoms with Crippen LogP contribution in [0.3, 0.4) is 0 Å². The van der Waals surface area contributed by atoms with Crippen LogP contribution in [-0.2, 0) is 20.8 Å². The van der Waals surface area contributed by atoms with Crippen molar-refractivity contribution >= 4 is 5.97 Å². The van der Waals surface area contributed by atoms with E-state index in [0.29, 0.717) is 18.1 Å². The highest BCUT2D eigenvalue weighted by Gasteiger charge is 2.07. The molecule has 1 aromatic carbocycles. The first kappa shape index (κ1) is 17.3. The lowest BCUT2D eigenvalue weighted by molar-refractivity contribution is -0.141. The van der Waals surface area contributed by atoms with Crippen LogP contribution >= 0.6 is 0 Å². The monoisotopic (exact) mass is 297 g/mol. The Balaban J connectivity index is 2.51. The Bertz CT molecular complexity index is 436. The minimum absolute atomic E-state index is 0.208. The summed E-state index contributed by atoms with van der Waals surface area (Å²) >= 11 is 0. The van der Waals surface area contributed by atoms with E-state index >= 15 is 0 Å². The summed E-state index contributed by atoms with van der Waals surface area (Å²) in [6, 6.07) is 5.70. The highest BCUT2D eigenvalue weighted by atomic mass is 16.5. The van der Waals surface area contributed by atoms with Gasteiger partial charge in [0.05, 0.1) is 33.9 Å². The maximum Gasteiger partial charge on any atom is 0.308 e. The highest BCUT2D eigenvalue weighted by molar-refractivity contribution is 5.69. The quantitative estimate of drug-likeness (QED) is 0.520. The molecule has 0 unspecified atom stereocenters. The molecule has 6 heteroatoms. The number of rotatable bonds is 10. The van der Waals surface area contributed by atoms with Gasteiger partial charge in [0.15, 0.2) is 11.5 Å². The molecule has 0 saturated heterocycles. The average molecular weight is 297 g/mol. The first-order chi connectivity index (χ1) is 10.2. The molecule has 0 aliphatic rings. The van der Waals surface area contributed by atoms with Crippen LogP contribution in [0.15, 0.2) is 18.2 Å². The number of hydrogen-bond acceptors (Lipinski definition) is 6. The number of benzene rings is 1. The Kier molecular flexibility index (Phi) is 8.23. The summed E-state index contributed by atoms with van der Waals surface area (Å²) in [6.07, 6.45) is 0.208. The third kappa shape index (κ3) is 6.46. The summed E-state index contributed by atoms with van der Waals surface area (Å²) in [7, 11) is 4.62. The van der Waals surface area contributed by atoms with Gasteiger partial charge >= 0.3 is 5.97 Å². The van der Waals surface area contributed by atoms with Gasteiger partial charge in [0, 0.05) is 20.2 Å². The molecule has 21 heavy (non-hydrogen) atoms. The Morgan fingerprint density at radius 2 is 1.95 bits per heavy atom. The van der Waals surface area contributed by atoms with E-state index in [4.69, 9.17) is 14.2 Å². The Labute approximate surface area is 125 Å². The van der Waals surface area contributed by atoms with Gasteiger partial charge in [0.2, 0.25) is 0 Å². The second-order valence-corrected chi connectivity index (χ2v) is 4.33. The van der Waals surface area contributed by atoms with Crippen molar-refractivity contribution in [3.8, 4) is 11.5 Å². The molecule has 118 valence electrons. The Morgan fingerprint density at radius 3 is 2.62 bits per heavy atom. The van der Waals surface area contributed by atoms with Crippen LogP contribution in [0.2, 0.25) is 0 Å². The zero-order chi connectivity index (χ0) is 15.5. The van der Waals surface area contributed by atoms with Gasteiger partial charge in [0.25, 0.3) is 0 Å². The third-order valence-electron chi connectivity index (χ3n) is 2.83. The molecule has 0 aliphatic carbocycles. The van der Waals surface area contributed by atoms with Crippen molar-refractivity contribution in [1.82, 2.24) is 5.32 Å². The van der Waals surface area contributed by atoms with Crippen LogP contribution in [0, 0.1) is 0 Å². The van der Waals surface area contributed by atoms with E-state index < -0.39 is 0 Å². The van der Waals surface area contributed by atoms with Crippen LogP contribution < -0.4 is 14.8 Å². The molecule has 0 radical (unpaired) electrons. The maximum atomic E-state index is 11.0. The molecule has 1 rings (SSSR count). The highest BCUT2D eigenvalue weighted by Crippen LogP contribution is 2.28. The average Bonchev–Trinajstić information content (AvgIpc) is 2.52. The lowest BCUT2D eigenvalue weighted by Crippen LogP contribution is -2.18. The lowest BCUT2D eigenvalue weighted by Gasteiger charge is -2.12. The minimum Gasteiger partial charge on any atom is -0.493 e. The van der Waals surface area contributed by atoms with Crippen molar-refractivity contribution in [2.45, 2.75) is 13.0 Å². The fourth-order valence-electron chi connectivity index (χ4n) is 1.69. The zero-order valence-electron chi connectivity index (χ0n) is 12.8. The second kappa shape index (κ2) is 10.0. The molecule has 0 fully saturated rings. The Hall–Kier alpha value is -1.79. The van der Waals surface area contributed by atoms with E-state index in [1.807, 2.05) is 18.2 Å². The van der Waals surface area contributed by atoms with E-state index in [1.54, 1.807) is 14.2 Å². The molecule has 1 aromatic rings. The molecule has 0 saturated carbocycles. The zero-order valence-corrected chi connectivity index (χ0v) is 12.8. The van der Waals surface area contributed by atoms with Crippen LogP contribution in [-0.4, -0.2) is 47.1 Å². The number of methoxy groups -OCH3 is 3. The van der Waals surface area contributed by atoms with E-state index in [9.17, 15) is 4.79 Å². The van der Waals surface area contributed by atoms with Gasteiger partial charge in [-0.15, -0.1) is 0 Å². The Morgan fingerprint density at radius 1 is 1.14 bits per heavy atom. The predicted molar refractivity (Wildman–Crippen MR) is 78.7 cm³/mol. The van der Waals surface area contributed by atoms with Crippen LogP contribution in [0.25, 0.3) is 0 Å². The summed E-state index contributed by atoms with van der Waals surface area (Å²) in [6.45, 7) is 2.44. The van der Waals surface area contributed by atoms with Crippen molar-refractivity contribution in [2.24, 2.45) is 0 Å². The molecule has 0 atom stereocenters. The van der Waals surface area contributed by atoms with Crippen LogP contribution in [0.4, 0.5) is 0 Å². The molecule has 1 N–H and O–H groups in total. The SMILES string of the molecule is COCCNCc1ccc(OCCC(=O)OC)c(OC)c1. The van der Waals surface area contributed by atoms with Gasteiger partial charge in [-0.05, 0) is 17.7 Å². The third-order valence-corrected chi connectivity index (χ3v) is 2.83. The standard InChI is InChI=1S/C15H23NO5/c1-18-9-7-16-11-12-4-5-13(14(10-12)19-2)21-8-6-15(17)20-3/h4-5,10,16H,6-9,11H2,1-3H3. The largest absolute Gasteiger partial charge is 0.493 e. The van der Waals surface area contributed by atoms with Gasteiger partial charge in [-0.1, -0.05) is 6.07 Å².